The molecule has 0 saturated heterocycles. The Kier molecular flexibility index (Phi) is 4.99. The maximum Gasteiger partial charge on any atom is 0.416 e. The molecule has 4 aromatic rings. The first kappa shape index (κ1) is 19.6. The molecule has 0 aliphatic heterocycles. The van der Waals surface area contributed by atoms with Gasteiger partial charge in [0.1, 0.15) is 0 Å². The molecular formula is C22H18F3N5. The van der Waals surface area contributed by atoms with E-state index in [9.17, 15) is 13.2 Å². The van der Waals surface area contributed by atoms with Gasteiger partial charge in [-0.25, -0.2) is 15.0 Å². The second-order valence-electron chi connectivity index (χ2n) is 6.89. The van der Waals surface area contributed by atoms with Gasteiger partial charge >= 0.3 is 6.18 Å². The van der Waals surface area contributed by atoms with Crippen molar-refractivity contribution in [1.29, 1.82) is 0 Å². The molecule has 0 atom stereocenters. The van der Waals surface area contributed by atoms with Crippen molar-refractivity contribution in [1.82, 2.24) is 19.5 Å². The molecule has 2 heterocycles. The summed E-state index contributed by atoms with van der Waals surface area (Å²) in [5.74, 6) is 0.359. The number of hydrogen-bond donors (Lipinski definition) is 1. The van der Waals surface area contributed by atoms with Crippen molar-refractivity contribution in [3.8, 4) is 16.9 Å². The number of rotatable bonds is 4. The summed E-state index contributed by atoms with van der Waals surface area (Å²) in [4.78, 5) is 12.9. The fraction of sp³-hybridized carbons (Fsp3) is 0.136. The SMILES string of the molecule is Cc1cn(-c2ccc(Nc3nccc(-c4ccc(C(F)(F)F)cc4)n3)cc2C)cn1. The van der Waals surface area contributed by atoms with Crippen LogP contribution in [0.15, 0.2) is 67.3 Å². The summed E-state index contributed by atoms with van der Waals surface area (Å²) in [6.07, 6.45) is 0.918. The first-order valence-corrected chi connectivity index (χ1v) is 9.19. The highest BCUT2D eigenvalue weighted by atomic mass is 19.4. The van der Waals surface area contributed by atoms with Crippen LogP contribution in [0.1, 0.15) is 16.8 Å². The van der Waals surface area contributed by atoms with Crippen molar-refractivity contribution in [2.45, 2.75) is 20.0 Å². The van der Waals surface area contributed by atoms with Gasteiger partial charge in [0.15, 0.2) is 0 Å². The van der Waals surface area contributed by atoms with Crippen molar-refractivity contribution in [3.63, 3.8) is 0 Å². The fourth-order valence-electron chi connectivity index (χ4n) is 3.11. The number of halogens is 3. The molecule has 2 aromatic carbocycles. The first-order chi connectivity index (χ1) is 14.3. The number of nitrogens with zero attached hydrogens (tertiary/aromatic N) is 4. The third-order valence-electron chi connectivity index (χ3n) is 4.61. The lowest BCUT2D eigenvalue weighted by molar-refractivity contribution is -0.137. The quantitative estimate of drug-likeness (QED) is 0.469. The number of hydrogen-bond acceptors (Lipinski definition) is 4. The molecule has 5 nitrogen and oxygen atoms in total. The Labute approximate surface area is 171 Å². The van der Waals surface area contributed by atoms with Crippen LogP contribution in [0, 0.1) is 13.8 Å². The van der Waals surface area contributed by atoms with Crippen molar-refractivity contribution < 1.29 is 13.2 Å². The van der Waals surface area contributed by atoms with Crippen LogP contribution in [0.25, 0.3) is 16.9 Å². The van der Waals surface area contributed by atoms with E-state index in [0.717, 1.165) is 34.8 Å². The highest BCUT2D eigenvalue weighted by Gasteiger charge is 2.30. The minimum absolute atomic E-state index is 0.359. The lowest BCUT2D eigenvalue weighted by Gasteiger charge is -2.11. The molecular weight excluding hydrogens is 391 g/mol. The summed E-state index contributed by atoms with van der Waals surface area (Å²) in [7, 11) is 0. The molecule has 0 saturated carbocycles. The fourth-order valence-corrected chi connectivity index (χ4v) is 3.11. The predicted octanol–water partition coefficient (Wildman–Crippen LogP) is 5.71. The third kappa shape index (κ3) is 4.17. The van der Waals surface area contributed by atoms with Crippen LogP contribution in [-0.4, -0.2) is 19.5 Å². The highest BCUT2D eigenvalue weighted by Crippen LogP contribution is 2.31. The van der Waals surface area contributed by atoms with E-state index in [0.29, 0.717) is 17.2 Å². The van der Waals surface area contributed by atoms with Gasteiger partial charge in [0.05, 0.1) is 23.3 Å². The number of anilines is 2. The standard InChI is InChI=1S/C22H18F3N5/c1-14-11-18(7-8-20(14)30-12-15(2)27-13-30)28-21-26-10-9-19(29-21)16-3-5-17(6-4-16)22(23,24)25/h3-13H,1-2H3,(H,26,28,29). The number of nitrogens with one attached hydrogen (secondary N) is 1. The third-order valence-corrected chi connectivity index (χ3v) is 4.61. The minimum atomic E-state index is -4.36. The topological polar surface area (TPSA) is 55.6 Å². The first-order valence-electron chi connectivity index (χ1n) is 9.19. The average molecular weight is 409 g/mol. The van der Waals surface area contributed by atoms with E-state index < -0.39 is 11.7 Å². The molecule has 2 aromatic heterocycles. The van der Waals surface area contributed by atoms with Gasteiger partial charge in [-0.15, -0.1) is 0 Å². The number of imidazole rings is 1. The van der Waals surface area contributed by atoms with E-state index in [1.807, 2.05) is 42.8 Å². The molecule has 0 aliphatic rings. The normalized spacial score (nSPS) is 11.5. The summed E-state index contributed by atoms with van der Waals surface area (Å²) in [6.45, 7) is 3.93. The van der Waals surface area contributed by atoms with Crippen LogP contribution in [0.5, 0.6) is 0 Å². The molecule has 0 radical (unpaired) electrons. The Morgan fingerprint density at radius 3 is 2.33 bits per heavy atom. The van der Waals surface area contributed by atoms with Crippen molar-refractivity contribution in [3.05, 3.63) is 84.1 Å². The van der Waals surface area contributed by atoms with Crippen molar-refractivity contribution >= 4 is 11.6 Å². The monoisotopic (exact) mass is 409 g/mol. The molecule has 0 fully saturated rings. The summed E-state index contributed by atoms with van der Waals surface area (Å²) in [5.41, 5.74) is 4.21. The minimum Gasteiger partial charge on any atom is -0.324 e. The molecule has 0 aliphatic carbocycles. The molecule has 152 valence electrons. The molecule has 0 unspecified atom stereocenters. The van der Waals surface area contributed by atoms with E-state index in [1.165, 1.54) is 12.1 Å². The van der Waals surface area contributed by atoms with E-state index >= 15 is 0 Å². The zero-order chi connectivity index (χ0) is 21.3. The Morgan fingerprint density at radius 1 is 0.933 bits per heavy atom. The molecule has 1 N–H and O–H groups in total. The van der Waals surface area contributed by atoms with Crippen LogP contribution in [0.2, 0.25) is 0 Å². The zero-order valence-electron chi connectivity index (χ0n) is 16.3. The molecule has 8 heteroatoms. The van der Waals surface area contributed by atoms with Gasteiger partial charge in [-0.05, 0) is 55.8 Å². The van der Waals surface area contributed by atoms with Crippen molar-refractivity contribution in [2.24, 2.45) is 0 Å². The molecule has 30 heavy (non-hydrogen) atoms. The van der Waals surface area contributed by atoms with Crippen LogP contribution in [0.4, 0.5) is 24.8 Å². The Morgan fingerprint density at radius 2 is 1.70 bits per heavy atom. The van der Waals surface area contributed by atoms with Crippen molar-refractivity contribution in [2.75, 3.05) is 5.32 Å². The van der Waals surface area contributed by atoms with Crippen LogP contribution in [-0.2, 0) is 6.18 Å². The predicted molar refractivity (Wildman–Crippen MR) is 109 cm³/mol. The van der Waals surface area contributed by atoms with Gasteiger partial charge in [0.2, 0.25) is 5.95 Å². The van der Waals surface area contributed by atoms with E-state index in [2.05, 4.69) is 20.3 Å². The van der Waals surface area contributed by atoms with Crippen LogP contribution >= 0.6 is 0 Å². The molecule has 4 rings (SSSR count). The van der Waals surface area contributed by atoms with Gasteiger partial charge in [0.25, 0.3) is 0 Å². The summed E-state index contributed by atoms with van der Waals surface area (Å²) in [6, 6.07) is 12.4. The molecule has 0 bridgehead atoms. The van der Waals surface area contributed by atoms with Crippen LogP contribution in [0.3, 0.4) is 0 Å². The van der Waals surface area contributed by atoms with Gasteiger partial charge in [0, 0.05) is 29.3 Å². The number of alkyl halides is 3. The molecule has 0 amide bonds. The highest BCUT2D eigenvalue weighted by molar-refractivity contribution is 5.63. The smallest absolute Gasteiger partial charge is 0.324 e. The zero-order valence-corrected chi connectivity index (χ0v) is 16.3. The lowest BCUT2D eigenvalue weighted by atomic mass is 10.1. The van der Waals surface area contributed by atoms with E-state index in [1.54, 1.807) is 18.6 Å². The van der Waals surface area contributed by atoms with E-state index in [4.69, 9.17) is 0 Å². The van der Waals surface area contributed by atoms with Crippen LogP contribution < -0.4 is 5.32 Å². The van der Waals surface area contributed by atoms with Gasteiger partial charge in [-0.1, -0.05) is 12.1 Å². The van der Waals surface area contributed by atoms with E-state index in [-0.39, 0.29) is 0 Å². The maximum atomic E-state index is 12.8. The second-order valence-corrected chi connectivity index (χ2v) is 6.89. The lowest BCUT2D eigenvalue weighted by Crippen LogP contribution is -2.04. The Hall–Kier alpha value is -3.68. The second kappa shape index (κ2) is 7.62. The maximum absolute atomic E-state index is 12.8. The Bertz CT molecular complexity index is 1180. The number of aryl methyl sites for hydroxylation is 2. The largest absolute Gasteiger partial charge is 0.416 e. The molecule has 0 spiro atoms. The van der Waals surface area contributed by atoms with Gasteiger partial charge in [-0.3, -0.25) is 0 Å². The summed E-state index contributed by atoms with van der Waals surface area (Å²) in [5, 5.41) is 3.15. The summed E-state index contributed by atoms with van der Waals surface area (Å²) >= 11 is 0. The number of benzene rings is 2. The summed E-state index contributed by atoms with van der Waals surface area (Å²) < 4.78 is 40.2. The number of aromatic nitrogens is 4. The average Bonchev–Trinajstić information content (AvgIpc) is 3.14. The Balaban J connectivity index is 1.55. The van der Waals surface area contributed by atoms with Gasteiger partial charge in [-0.2, -0.15) is 13.2 Å². The van der Waals surface area contributed by atoms with Gasteiger partial charge < -0.3 is 9.88 Å².